The molecule has 0 spiro atoms. The summed E-state index contributed by atoms with van der Waals surface area (Å²) in [6.07, 6.45) is 7.32. The molecule has 0 saturated carbocycles. The molecule has 5 heteroatoms. The molecule has 0 aromatic carbocycles. The third-order valence-corrected chi connectivity index (χ3v) is 3.04. The number of hydrogen-bond acceptors (Lipinski definition) is 3. The van der Waals surface area contributed by atoms with Crippen LogP contribution in [0.15, 0.2) is 30.9 Å². The monoisotopic (exact) mass is 278 g/mol. The predicted molar refractivity (Wildman–Crippen MR) is 77.2 cm³/mol. The molecule has 0 aliphatic carbocycles. The molecule has 0 aliphatic rings. The molecule has 0 bridgehead atoms. The second-order valence-corrected chi connectivity index (χ2v) is 6.02. The molecular weight excluding hydrogens is 260 g/mol. The van der Waals surface area contributed by atoms with Crippen LogP contribution in [0.5, 0.6) is 0 Å². The average Bonchev–Trinajstić information content (AvgIpc) is 2.77. The lowest BCUT2D eigenvalue weighted by atomic mass is 10.1. The van der Waals surface area contributed by atoms with Gasteiger partial charge in [0.2, 0.25) is 0 Å². The van der Waals surface area contributed by atoms with E-state index in [0.717, 1.165) is 12.1 Å². The molecule has 0 unspecified atom stereocenters. The van der Waals surface area contributed by atoms with Gasteiger partial charge < -0.3 is 5.32 Å². The summed E-state index contributed by atoms with van der Waals surface area (Å²) in [5.74, 6) is 0. The Morgan fingerprint density at radius 3 is 2.79 bits per heavy atom. The molecule has 19 heavy (non-hydrogen) atoms. The molecule has 0 aliphatic heterocycles. The van der Waals surface area contributed by atoms with Crippen molar-refractivity contribution in [2.45, 2.75) is 39.4 Å². The second kappa shape index (κ2) is 5.72. The molecule has 102 valence electrons. The molecule has 1 N–H and O–H groups in total. The van der Waals surface area contributed by atoms with Gasteiger partial charge in [-0.15, -0.1) is 0 Å². The summed E-state index contributed by atoms with van der Waals surface area (Å²) in [6.45, 7) is 7.92. The zero-order valence-corrected chi connectivity index (χ0v) is 12.3. The topological polar surface area (TPSA) is 42.7 Å². The van der Waals surface area contributed by atoms with E-state index in [9.17, 15) is 0 Å². The SMILES string of the molecule is CC(C)(C)NCc1cnn(Cc2ccncc2Cl)c1. The second-order valence-electron chi connectivity index (χ2n) is 5.62. The Bertz CT molecular complexity index is 542. The van der Waals surface area contributed by atoms with Gasteiger partial charge in [-0.2, -0.15) is 5.10 Å². The maximum Gasteiger partial charge on any atom is 0.0675 e. The fourth-order valence-corrected chi connectivity index (χ4v) is 1.84. The van der Waals surface area contributed by atoms with Gasteiger partial charge in [-0.25, -0.2) is 0 Å². The highest BCUT2D eigenvalue weighted by atomic mass is 35.5. The summed E-state index contributed by atoms with van der Waals surface area (Å²) >= 11 is 6.09. The molecule has 4 nitrogen and oxygen atoms in total. The van der Waals surface area contributed by atoms with Crippen molar-refractivity contribution in [2.24, 2.45) is 0 Å². The molecule has 2 aromatic heterocycles. The van der Waals surface area contributed by atoms with E-state index in [-0.39, 0.29) is 5.54 Å². The fourth-order valence-electron chi connectivity index (χ4n) is 1.66. The smallest absolute Gasteiger partial charge is 0.0675 e. The van der Waals surface area contributed by atoms with E-state index in [1.165, 1.54) is 5.56 Å². The van der Waals surface area contributed by atoms with Crippen molar-refractivity contribution >= 4 is 11.6 Å². The van der Waals surface area contributed by atoms with Crippen LogP contribution in [0.1, 0.15) is 31.9 Å². The molecule has 0 radical (unpaired) electrons. The van der Waals surface area contributed by atoms with Crippen LogP contribution in [0.3, 0.4) is 0 Å². The van der Waals surface area contributed by atoms with Gasteiger partial charge in [0.25, 0.3) is 0 Å². The summed E-state index contributed by atoms with van der Waals surface area (Å²) in [5, 5.41) is 8.46. The van der Waals surface area contributed by atoms with Crippen LogP contribution in [-0.2, 0) is 13.1 Å². The predicted octanol–water partition coefficient (Wildman–Crippen LogP) is 2.87. The zero-order valence-electron chi connectivity index (χ0n) is 11.5. The first-order valence-corrected chi connectivity index (χ1v) is 6.66. The maximum atomic E-state index is 6.09. The van der Waals surface area contributed by atoms with Crippen LogP contribution < -0.4 is 5.32 Å². The van der Waals surface area contributed by atoms with E-state index in [0.29, 0.717) is 11.6 Å². The van der Waals surface area contributed by atoms with Gasteiger partial charge in [0.15, 0.2) is 0 Å². The van der Waals surface area contributed by atoms with Gasteiger partial charge in [0, 0.05) is 36.2 Å². The molecule has 0 saturated heterocycles. The van der Waals surface area contributed by atoms with Gasteiger partial charge in [-0.1, -0.05) is 11.6 Å². The molecule has 0 amide bonds. The molecule has 2 aromatic rings. The number of nitrogens with zero attached hydrogens (tertiary/aromatic N) is 3. The van der Waals surface area contributed by atoms with Crippen molar-refractivity contribution in [1.82, 2.24) is 20.1 Å². The van der Waals surface area contributed by atoms with Crippen LogP contribution in [0, 0.1) is 0 Å². The number of aromatic nitrogens is 3. The van der Waals surface area contributed by atoms with Gasteiger partial charge >= 0.3 is 0 Å². The first-order valence-electron chi connectivity index (χ1n) is 6.29. The Hall–Kier alpha value is -1.39. The lowest BCUT2D eigenvalue weighted by Crippen LogP contribution is -2.34. The van der Waals surface area contributed by atoms with E-state index in [4.69, 9.17) is 11.6 Å². The van der Waals surface area contributed by atoms with Gasteiger partial charge in [0.1, 0.15) is 0 Å². The summed E-state index contributed by atoms with van der Waals surface area (Å²) in [7, 11) is 0. The number of nitrogens with one attached hydrogen (secondary N) is 1. The van der Waals surface area contributed by atoms with Crippen molar-refractivity contribution in [2.75, 3.05) is 0 Å². The van der Waals surface area contributed by atoms with Crippen molar-refractivity contribution in [3.8, 4) is 0 Å². The third-order valence-electron chi connectivity index (χ3n) is 2.70. The van der Waals surface area contributed by atoms with E-state index >= 15 is 0 Å². The first kappa shape index (κ1) is 14.0. The Kier molecular flexibility index (Phi) is 4.22. The highest BCUT2D eigenvalue weighted by Crippen LogP contribution is 2.14. The number of rotatable bonds is 4. The Morgan fingerprint density at radius 1 is 1.32 bits per heavy atom. The molecule has 0 fully saturated rings. The minimum absolute atomic E-state index is 0.108. The minimum atomic E-state index is 0.108. The Balaban J connectivity index is 2.00. The summed E-state index contributed by atoms with van der Waals surface area (Å²) in [6, 6.07) is 1.91. The van der Waals surface area contributed by atoms with Crippen LogP contribution in [0.2, 0.25) is 5.02 Å². The van der Waals surface area contributed by atoms with Crippen molar-refractivity contribution < 1.29 is 0 Å². The van der Waals surface area contributed by atoms with Crippen molar-refractivity contribution in [3.63, 3.8) is 0 Å². The normalized spacial score (nSPS) is 11.8. The van der Waals surface area contributed by atoms with Crippen LogP contribution in [0.25, 0.3) is 0 Å². The maximum absolute atomic E-state index is 6.09. The molecule has 2 rings (SSSR count). The Labute approximate surface area is 118 Å². The summed E-state index contributed by atoms with van der Waals surface area (Å²) < 4.78 is 1.89. The van der Waals surface area contributed by atoms with Crippen molar-refractivity contribution in [1.29, 1.82) is 0 Å². The van der Waals surface area contributed by atoms with Crippen LogP contribution in [-0.4, -0.2) is 20.3 Å². The van der Waals surface area contributed by atoms with E-state index in [2.05, 4.69) is 36.2 Å². The lowest BCUT2D eigenvalue weighted by Gasteiger charge is -2.19. The van der Waals surface area contributed by atoms with Gasteiger partial charge in [0.05, 0.1) is 17.8 Å². The average molecular weight is 279 g/mol. The van der Waals surface area contributed by atoms with Gasteiger partial charge in [-0.3, -0.25) is 9.67 Å². The Morgan fingerprint density at radius 2 is 2.11 bits per heavy atom. The van der Waals surface area contributed by atoms with Crippen molar-refractivity contribution in [3.05, 3.63) is 47.0 Å². The van der Waals surface area contributed by atoms with E-state index in [1.54, 1.807) is 12.4 Å². The quantitative estimate of drug-likeness (QED) is 0.935. The van der Waals surface area contributed by atoms with E-state index in [1.807, 2.05) is 23.1 Å². The number of halogens is 1. The highest BCUT2D eigenvalue weighted by Gasteiger charge is 2.09. The summed E-state index contributed by atoms with van der Waals surface area (Å²) in [4.78, 5) is 3.98. The fraction of sp³-hybridized carbons (Fsp3) is 0.429. The highest BCUT2D eigenvalue weighted by molar-refractivity contribution is 6.31. The zero-order chi connectivity index (χ0) is 13.9. The largest absolute Gasteiger partial charge is 0.308 e. The molecule has 0 atom stereocenters. The molecule has 2 heterocycles. The van der Waals surface area contributed by atoms with Crippen LogP contribution in [0.4, 0.5) is 0 Å². The van der Waals surface area contributed by atoms with Gasteiger partial charge in [-0.05, 0) is 32.4 Å². The van der Waals surface area contributed by atoms with E-state index < -0.39 is 0 Å². The summed E-state index contributed by atoms with van der Waals surface area (Å²) in [5.41, 5.74) is 2.30. The van der Waals surface area contributed by atoms with Crippen LogP contribution >= 0.6 is 11.6 Å². The number of hydrogen-bond donors (Lipinski definition) is 1. The molecular formula is C14H19ClN4. The minimum Gasteiger partial charge on any atom is -0.308 e. The first-order chi connectivity index (χ1) is 8.94. The third kappa shape index (κ3) is 4.33. The number of pyridine rings is 1. The standard InChI is InChI=1S/C14H19ClN4/c1-14(2,3)17-6-11-7-18-19(9-11)10-12-4-5-16-8-13(12)15/h4-5,7-9,17H,6,10H2,1-3H3. The lowest BCUT2D eigenvalue weighted by molar-refractivity contribution is 0.424.